The fourth-order valence-electron chi connectivity index (χ4n) is 3.48. The molecule has 0 unspecified atom stereocenters. The van der Waals surface area contributed by atoms with Gasteiger partial charge in [0.25, 0.3) is 5.91 Å². The third-order valence-corrected chi connectivity index (χ3v) is 5.40. The first-order valence-corrected chi connectivity index (χ1v) is 8.92. The maximum atomic E-state index is 12.8. The number of rotatable bonds is 2. The number of amides is 1. The number of fused-ring (bicyclic) bond motifs is 2. The van der Waals surface area contributed by atoms with Crippen molar-refractivity contribution in [3.8, 4) is 11.5 Å². The molecule has 0 bridgehead atoms. The SMILES string of the molecule is O=C(c1ccc2nsnc2c1)N1CC[C@H](c2ccc3c(c2)OCO3)C1. The van der Waals surface area contributed by atoms with E-state index < -0.39 is 0 Å². The Kier molecular flexibility index (Phi) is 3.34. The van der Waals surface area contributed by atoms with Crippen LogP contribution in [0.1, 0.15) is 28.3 Å². The number of ether oxygens (including phenoxy) is 2. The summed E-state index contributed by atoms with van der Waals surface area (Å²) in [4.78, 5) is 14.7. The summed E-state index contributed by atoms with van der Waals surface area (Å²) >= 11 is 1.17. The lowest BCUT2D eigenvalue weighted by Gasteiger charge is -2.17. The topological polar surface area (TPSA) is 64.6 Å². The van der Waals surface area contributed by atoms with Gasteiger partial charge in [0.05, 0.1) is 11.7 Å². The molecule has 0 aliphatic carbocycles. The highest BCUT2D eigenvalue weighted by atomic mass is 32.1. The Morgan fingerprint density at radius 2 is 1.96 bits per heavy atom. The molecule has 7 heteroatoms. The monoisotopic (exact) mass is 353 g/mol. The normalized spacial score (nSPS) is 18.9. The predicted octanol–water partition coefficient (Wildman–Crippen LogP) is 3.05. The molecular weight excluding hydrogens is 338 g/mol. The maximum absolute atomic E-state index is 12.8. The van der Waals surface area contributed by atoms with E-state index in [2.05, 4.69) is 14.8 Å². The van der Waals surface area contributed by atoms with E-state index >= 15 is 0 Å². The molecule has 1 saturated heterocycles. The van der Waals surface area contributed by atoms with Crippen molar-refractivity contribution in [3.05, 3.63) is 47.5 Å². The molecule has 0 spiro atoms. The van der Waals surface area contributed by atoms with Crippen molar-refractivity contribution in [2.75, 3.05) is 19.9 Å². The van der Waals surface area contributed by atoms with Crippen LogP contribution in [-0.2, 0) is 0 Å². The van der Waals surface area contributed by atoms with Crippen LogP contribution in [0.25, 0.3) is 11.0 Å². The number of aromatic nitrogens is 2. The van der Waals surface area contributed by atoms with E-state index in [1.54, 1.807) is 0 Å². The summed E-state index contributed by atoms with van der Waals surface area (Å²) in [6, 6.07) is 11.6. The van der Waals surface area contributed by atoms with Gasteiger partial charge in [0.15, 0.2) is 11.5 Å². The largest absolute Gasteiger partial charge is 0.454 e. The fraction of sp³-hybridized carbons (Fsp3) is 0.278. The number of hydrogen-bond acceptors (Lipinski definition) is 6. The van der Waals surface area contributed by atoms with Crippen molar-refractivity contribution >= 4 is 28.7 Å². The highest BCUT2D eigenvalue weighted by Crippen LogP contribution is 2.37. The second-order valence-corrected chi connectivity index (χ2v) is 6.85. The van der Waals surface area contributed by atoms with E-state index in [9.17, 15) is 4.79 Å². The van der Waals surface area contributed by atoms with Gasteiger partial charge >= 0.3 is 0 Å². The van der Waals surface area contributed by atoms with E-state index in [1.807, 2.05) is 35.2 Å². The predicted molar refractivity (Wildman–Crippen MR) is 93.2 cm³/mol. The molecule has 3 aromatic rings. The maximum Gasteiger partial charge on any atom is 0.253 e. The molecular formula is C18H15N3O3S. The Balaban J connectivity index is 1.35. The summed E-state index contributed by atoms with van der Waals surface area (Å²) in [5, 5.41) is 0. The Morgan fingerprint density at radius 3 is 2.92 bits per heavy atom. The van der Waals surface area contributed by atoms with E-state index in [1.165, 1.54) is 17.3 Å². The van der Waals surface area contributed by atoms with Crippen LogP contribution in [0.3, 0.4) is 0 Å². The highest BCUT2D eigenvalue weighted by Gasteiger charge is 2.29. The van der Waals surface area contributed by atoms with Crippen LogP contribution >= 0.6 is 11.7 Å². The Hall–Kier alpha value is -2.67. The lowest BCUT2D eigenvalue weighted by molar-refractivity contribution is 0.0791. The number of hydrogen-bond donors (Lipinski definition) is 0. The smallest absolute Gasteiger partial charge is 0.253 e. The van der Waals surface area contributed by atoms with Crippen LogP contribution in [0.15, 0.2) is 36.4 Å². The molecule has 2 aliphatic heterocycles. The van der Waals surface area contributed by atoms with Gasteiger partial charge in [-0.25, -0.2) is 0 Å². The van der Waals surface area contributed by atoms with Gasteiger partial charge in [-0.2, -0.15) is 8.75 Å². The molecule has 0 N–H and O–H groups in total. The van der Waals surface area contributed by atoms with Gasteiger partial charge in [0.2, 0.25) is 6.79 Å². The van der Waals surface area contributed by atoms with Crippen LogP contribution in [0, 0.1) is 0 Å². The average Bonchev–Trinajstić information content (AvgIpc) is 3.39. The fourth-order valence-corrected chi connectivity index (χ4v) is 4.00. The van der Waals surface area contributed by atoms with Crippen LogP contribution in [0.2, 0.25) is 0 Å². The summed E-state index contributed by atoms with van der Waals surface area (Å²) in [5.41, 5.74) is 3.48. The number of likely N-dealkylation sites (tertiary alicyclic amines) is 1. The van der Waals surface area contributed by atoms with E-state index in [0.717, 1.165) is 35.5 Å². The molecule has 2 aromatic carbocycles. The minimum Gasteiger partial charge on any atom is -0.454 e. The lowest BCUT2D eigenvalue weighted by Crippen LogP contribution is -2.28. The summed E-state index contributed by atoms with van der Waals surface area (Å²) in [6.07, 6.45) is 0.950. The molecule has 5 rings (SSSR count). The molecule has 1 fully saturated rings. The number of carbonyl (C=O) groups is 1. The van der Waals surface area contributed by atoms with Crippen molar-refractivity contribution in [1.29, 1.82) is 0 Å². The van der Waals surface area contributed by atoms with Crippen molar-refractivity contribution in [2.45, 2.75) is 12.3 Å². The second-order valence-electron chi connectivity index (χ2n) is 6.32. The zero-order chi connectivity index (χ0) is 16.8. The molecule has 1 aromatic heterocycles. The first-order valence-electron chi connectivity index (χ1n) is 8.19. The van der Waals surface area contributed by atoms with E-state index in [-0.39, 0.29) is 12.7 Å². The van der Waals surface area contributed by atoms with Crippen LogP contribution in [-0.4, -0.2) is 39.4 Å². The number of benzene rings is 2. The van der Waals surface area contributed by atoms with E-state index in [4.69, 9.17) is 9.47 Å². The Labute approximate surface area is 148 Å². The zero-order valence-corrected chi connectivity index (χ0v) is 14.2. The minimum atomic E-state index is 0.0538. The summed E-state index contributed by atoms with van der Waals surface area (Å²) < 4.78 is 19.2. The van der Waals surface area contributed by atoms with Gasteiger partial charge in [-0.05, 0) is 42.3 Å². The molecule has 3 heterocycles. The molecule has 0 radical (unpaired) electrons. The molecule has 0 saturated carbocycles. The Bertz CT molecular complexity index is 971. The minimum absolute atomic E-state index is 0.0538. The number of carbonyl (C=O) groups excluding carboxylic acids is 1. The zero-order valence-electron chi connectivity index (χ0n) is 13.3. The molecule has 2 aliphatic rings. The van der Waals surface area contributed by atoms with Crippen molar-refractivity contribution in [1.82, 2.24) is 13.6 Å². The second kappa shape index (κ2) is 5.70. The van der Waals surface area contributed by atoms with Crippen molar-refractivity contribution in [2.24, 2.45) is 0 Å². The van der Waals surface area contributed by atoms with Gasteiger partial charge in [-0.3, -0.25) is 4.79 Å². The van der Waals surface area contributed by atoms with Crippen LogP contribution in [0.5, 0.6) is 11.5 Å². The van der Waals surface area contributed by atoms with Crippen LogP contribution in [0.4, 0.5) is 0 Å². The highest BCUT2D eigenvalue weighted by molar-refractivity contribution is 7.00. The quantitative estimate of drug-likeness (QED) is 0.708. The third kappa shape index (κ3) is 2.51. The van der Waals surface area contributed by atoms with Crippen molar-refractivity contribution < 1.29 is 14.3 Å². The van der Waals surface area contributed by atoms with Gasteiger partial charge in [-0.15, -0.1) is 0 Å². The third-order valence-electron chi connectivity index (χ3n) is 4.84. The lowest BCUT2D eigenvalue weighted by atomic mass is 9.98. The first-order chi connectivity index (χ1) is 12.3. The van der Waals surface area contributed by atoms with Crippen molar-refractivity contribution in [3.63, 3.8) is 0 Å². The van der Waals surface area contributed by atoms with Gasteiger partial charge in [0.1, 0.15) is 11.0 Å². The Morgan fingerprint density at radius 1 is 1.08 bits per heavy atom. The molecule has 1 atom stereocenters. The standard InChI is InChI=1S/C18H15N3O3S/c22-18(12-1-3-14-15(7-12)20-25-19-14)21-6-5-13(9-21)11-2-4-16-17(8-11)24-10-23-16/h1-4,7-8,13H,5-6,9-10H2/t13-/m0/s1. The van der Waals surface area contributed by atoms with Crippen LogP contribution < -0.4 is 9.47 Å². The first kappa shape index (κ1) is 14.7. The molecule has 126 valence electrons. The molecule has 6 nitrogen and oxygen atoms in total. The summed E-state index contributed by atoms with van der Waals surface area (Å²) in [5.74, 6) is 1.96. The summed E-state index contributed by atoms with van der Waals surface area (Å²) in [6.45, 7) is 1.75. The van der Waals surface area contributed by atoms with Gasteiger partial charge in [0, 0.05) is 24.6 Å². The number of nitrogens with zero attached hydrogens (tertiary/aromatic N) is 3. The average molecular weight is 353 g/mol. The molecule has 25 heavy (non-hydrogen) atoms. The van der Waals surface area contributed by atoms with E-state index in [0.29, 0.717) is 18.0 Å². The van der Waals surface area contributed by atoms with Gasteiger partial charge in [-0.1, -0.05) is 6.07 Å². The molecule has 1 amide bonds. The summed E-state index contributed by atoms with van der Waals surface area (Å²) in [7, 11) is 0. The van der Waals surface area contributed by atoms with Gasteiger partial charge < -0.3 is 14.4 Å².